The Morgan fingerprint density at radius 3 is 2.71 bits per heavy atom. The van der Waals surface area contributed by atoms with Crippen LogP contribution in [0, 0.1) is 5.92 Å². The molecule has 2 unspecified atom stereocenters. The number of likely N-dealkylation sites (tertiary alicyclic amines) is 1. The number of aryl methyl sites for hydroxylation is 1. The van der Waals surface area contributed by atoms with Crippen LogP contribution in [-0.2, 0) is 31.8 Å². The van der Waals surface area contributed by atoms with E-state index in [-0.39, 0.29) is 5.41 Å². The Labute approximate surface area is 210 Å². The van der Waals surface area contributed by atoms with Gasteiger partial charge in [0.15, 0.2) is 0 Å². The molecule has 3 nitrogen and oxygen atoms in total. The van der Waals surface area contributed by atoms with Crippen LogP contribution in [-0.4, -0.2) is 29.7 Å². The lowest BCUT2D eigenvalue weighted by atomic mass is 9.58. The molecule has 0 N–H and O–H groups in total. The van der Waals surface area contributed by atoms with E-state index >= 15 is 0 Å². The van der Waals surface area contributed by atoms with Crippen LogP contribution in [0.15, 0.2) is 77.3 Å². The second-order valence-corrected chi connectivity index (χ2v) is 11.0. The average molecular weight is 515 g/mol. The van der Waals surface area contributed by atoms with Gasteiger partial charge in [0, 0.05) is 46.6 Å². The van der Waals surface area contributed by atoms with E-state index in [0.717, 1.165) is 42.7 Å². The van der Waals surface area contributed by atoms with E-state index in [2.05, 4.69) is 105 Å². The number of hydrogen-bond donors (Lipinski definition) is 0. The molecule has 3 aromatic carbocycles. The number of ether oxygens (including phenoxy) is 1. The van der Waals surface area contributed by atoms with Crippen LogP contribution in [0.4, 0.5) is 0 Å². The number of methoxy groups -OCH3 is 1. The van der Waals surface area contributed by atoms with Crippen molar-refractivity contribution in [2.45, 2.75) is 31.2 Å². The standard InChI is InChI=1S/C30H31BrN2O/c1-32-28-12-11-24(31)17-27(28)26-16-23-20-33(19-21-7-4-3-5-8-21)14-13-30(23,18-29(26)32)22-9-6-10-25(15-22)34-2/h3-12,15,17,23H,13-14,16,18-20H2,1-2H3. The lowest BCUT2D eigenvalue weighted by molar-refractivity contribution is 0.0758. The van der Waals surface area contributed by atoms with Crippen molar-refractivity contribution in [1.82, 2.24) is 9.47 Å². The highest BCUT2D eigenvalue weighted by molar-refractivity contribution is 9.10. The first-order valence-electron chi connectivity index (χ1n) is 12.2. The summed E-state index contributed by atoms with van der Waals surface area (Å²) in [5.41, 5.74) is 7.37. The summed E-state index contributed by atoms with van der Waals surface area (Å²) in [6.45, 7) is 3.27. The lowest BCUT2D eigenvalue weighted by Gasteiger charge is -2.51. The van der Waals surface area contributed by atoms with Crippen molar-refractivity contribution in [3.05, 3.63) is 99.7 Å². The summed E-state index contributed by atoms with van der Waals surface area (Å²) in [4.78, 5) is 2.67. The third-order valence-electron chi connectivity index (χ3n) is 8.36. The third kappa shape index (κ3) is 3.59. The summed E-state index contributed by atoms with van der Waals surface area (Å²) in [5, 5.41) is 1.41. The smallest absolute Gasteiger partial charge is 0.119 e. The predicted molar refractivity (Wildman–Crippen MR) is 143 cm³/mol. The summed E-state index contributed by atoms with van der Waals surface area (Å²) >= 11 is 3.72. The van der Waals surface area contributed by atoms with E-state index in [0.29, 0.717) is 5.92 Å². The molecule has 0 saturated carbocycles. The Morgan fingerprint density at radius 1 is 1.03 bits per heavy atom. The van der Waals surface area contributed by atoms with E-state index in [4.69, 9.17) is 4.74 Å². The highest BCUT2D eigenvalue weighted by atomic mass is 79.9. The van der Waals surface area contributed by atoms with Crippen LogP contribution in [0.3, 0.4) is 0 Å². The van der Waals surface area contributed by atoms with Gasteiger partial charge >= 0.3 is 0 Å². The predicted octanol–water partition coefficient (Wildman–Crippen LogP) is 6.51. The maximum Gasteiger partial charge on any atom is 0.119 e. The van der Waals surface area contributed by atoms with Crippen molar-refractivity contribution in [3.63, 3.8) is 0 Å². The summed E-state index contributed by atoms with van der Waals surface area (Å²) in [5.74, 6) is 1.53. The SMILES string of the molecule is COc1cccc(C23CCN(Cc4ccccc4)CC2Cc2c(n(C)c4ccc(Br)cc24)C3)c1. The van der Waals surface area contributed by atoms with Crippen LogP contribution in [0.2, 0.25) is 0 Å². The number of benzene rings is 3. The van der Waals surface area contributed by atoms with Crippen LogP contribution in [0.5, 0.6) is 5.75 Å². The van der Waals surface area contributed by atoms with E-state index in [9.17, 15) is 0 Å². The molecule has 0 radical (unpaired) electrons. The van der Waals surface area contributed by atoms with Crippen LogP contribution in [0.1, 0.15) is 28.8 Å². The van der Waals surface area contributed by atoms with E-state index in [1.54, 1.807) is 12.7 Å². The highest BCUT2D eigenvalue weighted by Gasteiger charge is 2.48. The van der Waals surface area contributed by atoms with Gasteiger partial charge in [-0.15, -0.1) is 0 Å². The molecule has 34 heavy (non-hydrogen) atoms. The van der Waals surface area contributed by atoms with Gasteiger partial charge in [0.25, 0.3) is 0 Å². The molecule has 174 valence electrons. The molecule has 1 aliphatic carbocycles. The molecule has 6 rings (SSSR count). The van der Waals surface area contributed by atoms with Gasteiger partial charge in [-0.2, -0.15) is 0 Å². The Bertz CT molecular complexity index is 1340. The molecule has 2 heterocycles. The van der Waals surface area contributed by atoms with Gasteiger partial charge in [0.1, 0.15) is 5.75 Å². The number of nitrogens with zero attached hydrogens (tertiary/aromatic N) is 2. The Kier molecular flexibility index (Phi) is 5.54. The van der Waals surface area contributed by atoms with Gasteiger partial charge in [-0.25, -0.2) is 0 Å². The molecule has 1 saturated heterocycles. The molecule has 0 spiro atoms. The van der Waals surface area contributed by atoms with Crippen LogP contribution >= 0.6 is 15.9 Å². The number of hydrogen-bond acceptors (Lipinski definition) is 2. The lowest BCUT2D eigenvalue weighted by Crippen LogP contribution is -2.53. The first-order valence-corrected chi connectivity index (χ1v) is 13.0. The van der Waals surface area contributed by atoms with E-state index in [1.807, 2.05) is 0 Å². The van der Waals surface area contributed by atoms with Crippen LogP contribution in [0.25, 0.3) is 10.9 Å². The molecule has 0 amide bonds. The molecule has 4 heteroatoms. The van der Waals surface area contributed by atoms with Gasteiger partial charge in [-0.05, 0) is 78.7 Å². The van der Waals surface area contributed by atoms with Gasteiger partial charge in [0.2, 0.25) is 0 Å². The molecular formula is C30H31BrN2O. The van der Waals surface area contributed by atoms with Crippen LogP contribution < -0.4 is 4.74 Å². The molecule has 4 aromatic rings. The molecule has 2 aliphatic rings. The van der Waals surface area contributed by atoms with Gasteiger partial charge in [-0.3, -0.25) is 4.90 Å². The zero-order valence-electron chi connectivity index (χ0n) is 19.9. The van der Waals surface area contributed by atoms with Gasteiger partial charge < -0.3 is 9.30 Å². The largest absolute Gasteiger partial charge is 0.497 e. The highest BCUT2D eigenvalue weighted by Crippen LogP contribution is 2.50. The molecular weight excluding hydrogens is 484 g/mol. The van der Waals surface area contributed by atoms with Gasteiger partial charge in [0.05, 0.1) is 7.11 Å². The average Bonchev–Trinajstić information content (AvgIpc) is 3.13. The monoisotopic (exact) mass is 514 g/mol. The van der Waals surface area contributed by atoms with E-state index < -0.39 is 0 Å². The normalized spacial score (nSPS) is 22.4. The third-order valence-corrected chi connectivity index (χ3v) is 8.85. The Balaban J connectivity index is 1.44. The number of aromatic nitrogens is 1. The van der Waals surface area contributed by atoms with Crippen molar-refractivity contribution in [2.75, 3.05) is 20.2 Å². The van der Waals surface area contributed by atoms with E-state index in [1.165, 1.54) is 34.1 Å². The Hall–Kier alpha value is -2.56. The fourth-order valence-electron chi connectivity index (χ4n) is 6.58. The maximum atomic E-state index is 5.66. The zero-order chi connectivity index (χ0) is 23.3. The first kappa shape index (κ1) is 21.9. The zero-order valence-corrected chi connectivity index (χ0v) is 21.5. The molecule has 1 fully saturated rings. The fraction of sp³-hybridized carbons (Fsp3) is 0.333. The van der Waals surface area contributed by atoms with Crippen molar-refractivity contribution in [2.24, 2.45) is 13.0 Å². The van der Waals surface area contributed by atoms with Crippen molar-refractivity contribution in [1.29, 1.82) is 0 Å². The summed E-state index contributed by atoms with van der Waals surface area (Å²) in [6, 6.07) is 26.6. The summed E-state index contributed by atoms with van der Waals surface area (Å²) < 4.78 is 9.27. The number of fused-ring (bicyclic) bond motifs is 4. The number of rotatable bonds is 4. The summed E-state index contributed by atoms with van der Waals surface area (Å²) in [6.07, 6.45) is 3.37. The second-order valence-electron chi connectivity index (χ2n) is 10.1. The molecule has 0 bridgehead atoms. The quantitative estimate of drug-likeness (QED) is 0.309. The molecule has 1 aromatic heterocycles. The van der Waals surface area contributed by atoms with Gasteiger partial charge in [-0.1, -0.05) is 58.4 Å². The topological polar surface area (TPSA) is 17.4 Å². The van der Waals surface area contributed by atoms with Crippen molar-refractivity contribution < 1.29 is 4.74 Å². The fourth-order valence-corrected chi connectivity index (χ4v) is 6.94. The number of piperidine rings is 1. The first-order chi connectivity index (χ1) is 16.6. The molecule has 2 atom stereocenters. The molecule has 1 aliphatic heterocycles. The maximum absolute atomic E-state index is 5.66. The Morgan fingerprint density at radius 2 is 1.88 bits per heavy atom. The minimum Gasteiger partial charge on any atom is -0.497 e. The number of halogens is 1. The van der Waals surface area contributed by atoms with Crippen molar-refractivity contribution >= 4 is 26.8 Å². The second kappa shape index (κ2) is 8.58. The minimum atomic E-state index is 0.133. The summed E-state index contributed by atoms with van der Waals surface area (Å²) in [7, 11) is 4.02. The minimum absolute atomic E-state index is 0.133. The van der Waals surface area contributed by atoms with Crippen molar-refractivity contribution in [3.8, 4) is 5.75 Å².